The minimum atomic E-state index is -4.48. The maximum Gasteiger partial charge on any atom is 1.00 e. The second-order valence-electron chi connectivity index (χ2n) is 3.46. The molecule has 0 heterocycles. The Bertz CT molecular complexity index is 491. The third-order valence-corrected chi connectivity index (χ3v) is 4.48. The zero-order valence-electron chi connectivity index (χ0n) is 12.5. The van der Waals surface area contributed by atoms with E-state index in [1.165, 1.54) is 13.8 Å². The van der Waals surface area contributed by atoms with Gasteiger partial charge in [0.1, 0.15) is 10.5 Å². The van der Waals surface area contributed by atoms with E-state index in [-0.39, 0.29) is 72.0 Å². The zero-order valence-corrected chi connectivity index (χ0v) is 18.2. The second-order valence-corrected chi connectivity index (χ2v) is 6.66. The molecule has 2 N–H and O–H groups in total. The molecule has 0 spiro atoms. The van der Waals surface area contributed by atoms with Crippen molar-refractivity contribution in [3.63, 3.8) is 0 Å². The molecule has 14 heteroatoms. The number of hydrogen-bond donors (Lipinski definition) is 2. The maximum absolute atomic E-state index is 10.1. The van der Waals surface area contributed by atoms with Gasteiger partial charge in [0.25, 0.3) is 20.2 Å². The van der Waals surface area contributed by atoms with E-state index < -0.39 is 42.7 Å². The fraction of sp³-hybridized carbons (Fsp3) is 0.750. The number of hydrogen-bond acceptors (Lipinski definition) is 8. The molecule has 10 nitrogen and oxygen atoms in total. The molecule has 22 heavy (non-hydrogen) atoms. The molecule has 0 amide bonds. The third kappa shape index (κ3) is 13.2. The van der Waals surface area contributed by atoms with Gasteiger partial charge in [-0.05, 0) is 12.8 Å². The summed E-state index contributed by atoms with van der Waals surface area (Å²) in [7, 11) is -8.95. The topological polar surface area (TPSA) is 189 Å². The SMILES string of the molecule is CCC(C(=O)[O-])S(=O)(=O)O.CCC(C(=O)[O-])S(=O)(=O)O.[Na+].[Na+]. The van der Waals surface area contributed by atoms with Gasteiger partial charge in [-0.1, -0.05) is 13.8 Å². The summed E-state index contributed by atoms with van der Waals surface area (Å²) in [6, 6.07) is 0. The van der Waals surface area contributed by atoms with E-state index in [1.54, 1.807) is 0 Å². The molecule has 0 saturated heterocycles. The quantitative estimate of drug-likeness (QED) is 0.330. The van der Waals surface area contributed by atoms with Crippen LogP contribution in [0.2, 0.25) is 0 Å². The number of aliphatic carboxylic acids is 2. The number of rotatable bonds is 6. The van der Waals surface area contributed by atoms with Crippen LogP contribution in [0.25, 0.3) is 0 Å². The van der Waals surface area contributed by atoms with E-state index in [0.29, 0.717) is 0 Å². The molecule has 120 valence electrons. The Morgan fingerprint density at radius 2 is 1.00 bits per heavy atom. The summed E-state index contributed by atoms with van der Waals surface area (Å²) < 4.78 is 57.0. The summed E-state index contributed by atoms with van der Waals surface area (Å²) in [4.78, 5) is 19.9. The standard InChI is InChI=1S/2C4H8O5S.2Na/c2*1-2-3(4(5)6)10(7,8)9;;/h2*3H,2H2,1H3,(H,5,6)(H,7,8,9);;/q;;2*+1/p-2. The minimum absolute atomic E-state index is 0. The molecule has 0 bridgehead atoms. The Hall–Kier alpha value is 0.760. The van der Waals surface area contributed by atoms with Crippen LogP contribution in [0.15, 0.2) is 0 Å². The number of carboxylic acids is 2. The monoisotopic (exact) mass is 380 g/mol. The maximum atomic E-state index is 10.1. The van der Waals surface area contributed by atoms with Crippen molar-refractivity contribution in [3.05, 3.63) is 0 Å². The Morgan fingerprint density at radius 3 is 1.00 bits per heavy atom. The second kappa shape index (κ2) is 13.1. The van der Waals surface area contributed by atoms with Crippen molar-refractivity contribution in [2.75, 3.05) is 0 Å². The number of carboxylic acid groups (broad SMARTS) is 2. The Kier molecular flexibility index (Phi) is 18.2. The summed E-state index contributed by atoms with van der Waals surface area (Å²) in [5.41, 5.74) is 0. The summed E-state index contributed by atoms with van der Waals surface area (Å²) in [6.45, 7) is 2.66. The average molecular weight is 380 g/mol. The molecule has 0 aliphatic rings. The molecule has 2 unspecified atom stereocenters. The molecule has 0 radical (unpaired) electrons. The predicted molar refractivity (Wildman–Crippen MR) is 61.3 cm³/mol. The van der Waals surface area contributed by atoms with Gasteiger partial charge >= 0.3 is 59.1 Å². The van der Waals surface area contributed by atoms with Crippen molar-refractivity contribution in [3.8, 4) is 0 Å². The Balaban J connectivity index is -0.000000135. The fourth-order valence-electron chi connectivity index (χ4n) is 0.998. The van der Waals surface area contributed by atoms with Crippen molar-refractivity contribution in [2.24, 2.45) is 0 Å². The van der Waals surface area contributed by atoms with Crippen LogP contribution in [0.3, 0.4) is 0 Å². The van der Waals surface area contributed by atoms with Crippen molar-refractivity contribution >= 4 is 32.2 Å². The van der Waals surface area contributed by atoms with Crippen molar-refractivity contribution in [2.45, 2.75) is 37.2 Å². The molecule has 0 saturated carbocycles. The summed E-state index contributed by atoms with van der Waals surface area (Å²) >= 11 is 0. The van der Waals surface area contributed by atoms with Gasteiger partial charge in [0.05, 0.1) is 11.9 Å². The fourth-order valence-corrected chi connectivity index (χ4v) is 2.33. The van der Waals surface area contributed by atoms with Crippen LogP contribution in [0.5, 0.6) is 0 Å². The van der Waals surface area contributed by atoms with Gasteiger partial charge in [0.2, 0.25) is 0 Å². The summed E-state index contributed by atoms with van der Waals surface area (Å²) in [6.07, 6.45) is -0.387. The minimum Gasteiger partial charge on any atom is -0.549 e. The van der Waals surface area contributed by atoms with E-state index in [0.717, 1.165) is 0 Å². The molecule has 0 aromatic carbocycles. The molecule has 0 aromatic heterocycles. The first kappa shape index (κ1) is 30.6. The predicted octanol–water partition coefficient (Wildman–Crippen LogP) is -9.19. The molecule has 0 aliphatic carbocycles. The number of carbonyl (C=O) groups is 2. The average Bonchev–Trinajstić information content (AvgIpc) is 2.13. The Morgan fingerprint density at radius 1 is 0.818 bits per heavy atom. The third-order valence-electron chi connectivity index (χ3n) is 1.99. The summed E-state index contributed by atoms with van der Waals surface area (Å²) in [5, 5.41) is 16.3. The van der Waals surface area contributed by atoms with Gasteiger partial charge in [0, 0.05) is 0 Å². The van der Waals surface area contributed by atoms with Crippen LogP contribution in [0.1, 0.15) is 26.7 Å². The van der Waals surface area contributed by atoms with Crippen LogP contribution >= 0.6 is 0 Å². The van der Waals surface area contributed by atoms with Crippen molar-refractivity contribution in [1.82, 2.24) is 0 Å². The zero-order chi connectivity index (χ0) is 16.7. The Labute approximate surface area is 172 Å². The van der Waals surface area contributed by atoms with E-state index in [4.69, 9.17) is 9.11 Å². The van der Waals surface area contributed by atoms with E-state index in [1.807, 2.05) is 0 Å². The van der Waals surface area contributed by atoms with Gasteiger partial charge in [-0.3, -0.25) is 9.11 Å². The van der Waals surface area contributed by atoms with Gasteiger partial charge < -0.3 is 19.8 Å². The van der Waals surface area contributed by atoms with Crippen LogP contribution in [-0.4, -0.2) is 48.4 Å². The first-order valence-corrected chi connectivity index (χ1v) is 8.13. The molecule has 2 atom stereocenters. The molecular formula is C8H14Na2O10S2. The van der Waals surface area contributed by atoms with Crippen LogP contribution in [0.4, 0.5) is 0 Å². The van der Waals surface area contributed by atoms with Gasteiger partial charge in [0.15, 0.2) is 0 Å². The van der Waals surface area contributed by atoms with Gasteiger partial charge in [-0.2, -0.15) is 16.8 Å². The van der Waals surface area contributed by atoms with E-state index in [9.17, 15) is 36.6 Å². The van der Waals surface area contributed by atoms with Crippen LogP contribution < -0.4 is 69.3 Å². The van der Waals surface area contributed by atoms with Crippen molar-refractivity contribution < 1.29 is 105 Å². The van der Waals surface area contributed by atoms with E-state index in [2.05, 4.69) is 0 Å². The number of carbonyl (C=O) groups excluding carboxylic acids is 2. The first-order valence-electron chi connectivity index (χ1n) is 5.13. The van der Waals surface area contributed by atoms with Crippen LogP contribution in [0, 0.1) is 0 Å². The van der Waals surface area contributed by atoms with Crippen molar-refractivity contribution in [1.29, 1.82) is 0 Å². The molecule has 0 aromatic rings. The molecule has 0 aliphatic heterocycles. The normalized spacial score (nSPS) is 13.3. The summed E-state index contributed by atoms with van der Waals surface area (Å²) in [5.74, 6) is -3.55. The molecule has 0 fully saturated rings. The molecular weight excluding hydrogens is 366 g/mol. The van der Waals surface area contributed by atoms with Crippen LogP contribution in [-0.2, 0) is 29.8 Å². The molecule has 0 rings (SSSR count). The smallest absolute Gasteiger partial charge is 0.549 e. The first-order chi connectivity index (χ1) is 8.78. The van der Waals surface area contributed by atoms with Gasteiger partial charge in [-0.25, -0.2) is 0 Å². The van der Waals surface area contributed by atoms with Gasteiger partial charge in [-0.15, -0.1) is 0 Å². The van der Waals surface area contributed by atoms with E-state index >= 15 is 0 Å². The largest absolute Gasteiger partial charge is 1.00 e.